The third-order valence-corrected chi connectivity index (χ3v) is 2.62. The minimum Gasteiger partial charge on any atom is -0.470 e. The number of hydrogen-bond acceptors (Lipinski definition) is 3. The van der Waals surface area contributed by atoms with Crippen molar-refractivity contribution in [3.8, 4) is 0 Å². The van der Waals surface area contributed by atoms with Crippen LogP contribution in [0.3, 0.4) is 0 Å². The van der Waals surface area contributed by atoms with Crippen molar-refractivity contribution in [3.05, 3.63) is 0 Å². The lowest BCUT2D eigenvalue weighted by Crippen LogP contribution is -2.31. The summed E-state index contributed by atoms with van der Waals surface area (Å²) >= 11 is 5.08. The Bertz CT molecular complexity index is 213. The summed E-state index contributed by atoms with van der Waals surface area (Å²) in [4.78, 5) is 13.2. The first-order valence-corrected chi connectivity index (χ1v) is 5.88. The van der Waals surface area contributed by atoms with Gasteiger partial charge in [0.15, 0.2) is 0 Å². The van der Waals surface area contributed by atoms with Gasteiger partial charge in [0.25, 0.3) is 5.17 Å². The highest BCUT2D eigenvalue weighted by atomic mass is 32.1. The zero-order chi connectivity index (χ0) is 11.8. The maximum absolute atomic E-state index is 11.3. The summed E-state index contributed by atoms with van der Waals surface area (Å²) in [6.45, 7) is 9.92. The molecular formula is C11H21NO2S. The number of ether oxygens (including phenoxy) is 1. The van der Waals surface area contributed by atoms with Crippen LogP contribution in [0, 0.1) is 5.92 Å². The van der Waals surface area contributed by atoms with Crippen LogP contribution in [0.2, 0.25) is 0 Å². The standard InChI is InChI=1S/C11H21NO2S/c1-5-12(6-2)11(15)14-8-7-10(13)9(3)4/h9H,5-8H2,1-4H3. The molecule has 0 saturated carbocycles. The predicted molar refractivity (Wildman–Crippen MR) is 65.9 cm³/mol. The van der Waals surface area contributed by atoms with E-state index >= 15 is 0 Å². The van der Waals surface area contributed by atoms with Crippen molar-refractivity contribution in [1.29, 1.82) is 0 Å². The molecule has 0 amide bonds. The second kappa shape index (κ2) is 7.63. The Morgan fingerprint density at radius 3 is 2.27 bits per heavy atom. The molecule has 4 heteroatoms. The van der Waals surface area contributed by atoms with Crippen molar-refractivity contribution in [1.82, 2.24) is 4.90 Å². The first-order valence-electron chi connectivity index (χ1n) is 5.47. The molecule has 0 fully saturated rings. The summed E-state index contributed by atoms with van der Waals surface area (Å²) in [5.74, 6) is 0.299. The predicted octanol–water partition coefficient (Wildman–Crippen LogP) is 2.24. The zero-order valence-corrected chi connectivity index (χ0v) is 10.9. The molecule has 0 unspecified atom stereocenters. The topological polar surface area (TPSA) is 29.5 Å². The Morgan fingerprint density at radius 2 is 1.87 bits per heavy atom. The van der Waals surface area contributed by atoms with Crippen LogP contribution < -0.4 is 0 Å². The van der Waals surface area contributed by atoms with Gasteiger partial charge in [-0.2, -0.15) is 0 Å². The molecule has 0 N–H and O–H groups in total. The molecular weight excluding hydrogens is 210 g/mol. The van der Waals surface area contributed by atoms with Crippen molar-refractivity contribution in [2.75, 3.05) is 19.7 Å². The van der Waals surface area contributed by atoms with E-state index < -0.39 is 0 Å². The van der Waals surface area contributed by atoms with Crippen LogP contribution in [-0.2, 0) is 9.53 Å². The monoisotopic (exact) mass is 231 g/mol. The molecule has 0 spiro atoms. The fourth-order valence-corrected chi connectivity index (χ4v) is 1.44. The summed E-state index contributed by atoms with van der Waals surface area (Å²) in [6, 6.07) is 0. The molecule has 88 valence electrons. The third-order valence-electron chi connectivity index (χ3n) is 2.24. The van der Waals surface area contributed by atoms with Crippen molar-refractivity contribution >= 4 is 23.2 Å². The zero-order valence-electron chi connectivity index (χ0n) is 10.1. The maximum Gasteiger partial charge on any atom is 0.259 e. The van der Waals surface area contributed by atoms with E-state index in [1.807, 2.05) is 32.6 Å². The van der Waals surface area contributed by atoms with Crippen molar-refractivity contribution in [2.45, 2.75) is 34.1 Å². The van der Waals surface area contributed by atoms with E-state index in [0.29, 0.717) is 18.2 Å². The molecule has 3 nitrogen and oxygen atoms in total. The number of rotatable bonds is 6. The molecule has 0 aromatic rings. The number of hydrogen-bond donors (Lipinski definition) is 0. The summed E-state index contributed by atoms with van der Waals surface area (Å²) in [5.41, 5.74) is 0. The largest absolute Gasteiger partial charge is 0.470 e. The van der Waals surface area contributed by atoms with Crippen LogP contribution in [0.1, 0.15) is 34.1 Å². The fourth-order valence-electron chi connectivity index (χ4n) is 1.10. The van der Waals surface area contributed by atoms with Gasteiger partial charge in [-0.15, -0.1) is 0 Å². The summed E-state index contributed by atoms with van der Waals surface area (Å²) in [5, 5.41) is 0.497. The van der Waals surface area contributed by atoms with Crippen LogP contribution in [0.4, 0.5) is 0 Å². The molecule has 15 heavy (non-hydrogen) atoms. The van der Waals surface area contributed by atoms with Crippen LogP contribution in [0.25, 0.3) is 0 Å². The van der Waals surface area contributed by atoms with E-state index in [-0.39, 0.29) is 11.7 Å². The van der Waals surface area contributed by atoms with Crippen LogP contribution >= 0.6 is 12.2 Å². The molecule has 0 aliphatic heterocycles. The molecule has 0 radical (unpaired) electrons. The second-order valence-electron chi connectivity index (χ2n) is 3.66. The fraction of sp³-hybridized carbons (Fsp3) is 0.818. The number of thiocarbonyl (C=S) groups is 1. The number of Topliss-reactive ketones (excluding diaryl/α,β-unsaturated/α-hetero) is 1. The minimum absolute atomic E-state index is 0.0793. The Labute approximate surface area is 97.8 Å². The number of ketones is 1. The summed E-state index contributed by atoms with van der Waals surface area (Å²) in [6.07, 6.45) is 0.444. The van der Waals surface area contributed by atoms with Gasteiger partial charge >= 0.3 is 0 Å². The average molecular weight is 231 g/mol. The molecule has 0 aromatic carbocycles. The van der Waals surface area contributed by atoms with E-state index in [2.05, 4.69) is 0 Å². The van der Waals surface area contributed by atoms with Gasteiger partial charge in [0.2, 0.25) is 0 Å². The Kier molecular flexibility index (Phi) is 7.30. The molecule has 0 aliphatic rings. The lowest BCUT2D eigenvalue weighted by atomic mass is 10.1. The lowest BCUT2D eigenvalue weighted by Gasteiger charge is -2.21. The van der Waals surface area contributed by atoms with Gasteiger partial charge in [-0.3, -0.25) is 4.79 Å². The maximum atomic E-state index is 11.3. The highest BCUT2D eigenvalue weighted by Gasteiger charge is 2.09. The average Bonchev–Trinajstić information content (AvgIpc) is 2.19. The van der Waals surface area contributed by atoms with Gasteiger partial charge in [0, 0.05) is 25.4 Å². The highest BCUT2D eigenvalue weighted by Crippen LogP contribution is 2.00. The molecule has 0 atom stereocenters. The number of nitrogens with zero attached hydrogens (tertiary/aromatic N) is 1. The first kappa shape index (κ1) is 14.4. The van der Waals surface area contributed by atoms with Crippen LogP contribution in [0.5, 0.6) is 0 Å². The van der Waals surface area contributed by atoms with Gasteiger partial charge in [0.1, 0.15) is 5.78 Å². The van der Waals surface area contributed by atoms with Gasteiger partial charge < -0.3 is 9.64 Å². The minimum atomic E-state index is 0.0793. The van der Waals surface area contributed by atoms with E-state index in [4.69, 9.17) is 17.0 Å². The third kappa shape index (κ3) is 5.72. The second-order valence-corrected chi connectivity index (χ2v) is 4.01. The van der Waals surface area contributed by atoms with Gasteiger partial charge in [0.05, 0.1) is 6.61 Å². The Balaban J connectivity index is 3.76. The lowest BCUT2D eigenvalue weighted by molar-refractivity contribution is -0.122. The summed E-state index contributed by atoms with van der Waals surface area (Å²) in [7, 11) is 0. The molecule has 0 heterocycles. The highest BCUT2D eigenvalue weighted by molar-refractivity contribution is 7.80. The van der Waals surface area contributed by atoms with Crippen molar-refractivity contribution in [2.24, 2.45) is 5.92 Å². The Morgan fingerprint density at radius 1 is 1.33 bits per heavy atom. The molecule has 0 saturated heterocycles. The van der Waals surface area contributed by atoms with Crippen molar-refractivity contribution < 1.29 is 9.53 Å². The van der Waals surface area contributed by atoms with Crippen molar-refractivity contribution in [3.63, 3.8) is 0 Å². The molecule has 0 bridgehead atoms. The smallest absolute Gasteiger partial charge is 0.259 e. The van der Waals surface area contributed by atoms with E-state index in [9.17, 15) is 4.79 Å². The molecule has 0 aliphatic carbocycles. The van der Waals surface area contributed by atoms with Gasteiger partial charge in [-0.1, -0.05) is 13.8 Å². The molecule has 0 rings (SSSR count). The SMILES string of the molecule is CCN(CC)C(=S)OCCC(=O)C(C)C. The quantitative estimate of drug-likeness (QED) is 0.656. The first-order chi connectivity index (χ1) is 7.02. The van der Waals surface area contributed by atoms with Gasteiger partial charge in [-0.05, 0) is 26.1 Å². The van der Waals surface area contributed by atoms with E-state index in [1.54, 1.807) is 0 Å². The number of carbonyl (C=O) groups is 1. The van der Waals surface area contributed by atoms with Crippen LogP contribution in [0.15, 0.2) is 0 Å². The van der Waals surface area contributed by atoms with E-state index in [0.717, 1.165) is 13.1 Å². The summed E-state index contributed by atoms with van der Waals surface area (Å²) < 4.78 is 5.34. The normalized spacial score (nSPS) is 10.2. The van der Waals surface area contributed by atoms with E-state index in [1.165, 1.54) is 0 Å². The van der Waals surface area contributed by atoms with Gasteiger partial charge in [-0.25, -0.2) is 0 Å². The Hall–Kier alpha value is -0.640. The molecule has 0 aromatic heterocycles. The van der Waals surface area contributed by atoms with Crippen LogP contribution in [-0.4, -0.2) is 35.6 Å². The number of carbonyl (C=O) groups excluding carboxylic acids is 1.